The number of benzene rings is 3. The number of pyridine rings is 1. The molecule has 0 fully saturated rings. The maximum atomic E-state index is 13.6. The van der Waals surface area contributed by atoms with E-state index in [1.54, 1.807) is 0 Å². The summed E-state index contributed by atoms with van der Waals surface area (Å²) in [4.78, 5) is 32.1. The Kier molecular flexibility index (Phi) is 3.59. The first-order valence-electron chi connectivity index (χ1n) is 10.1. The fourth-order valence-corrected chi connectivity index (χ4v) is 4.75. The third-order valence-electron chi connectivity index (χ3n) is 6.10. The molecule has 142 valence electrons. The molecule has 3 nitrogen and oxygen atoms in total. The number of hydrogen-bond acceptors (Lipinski definition) is 3. The van der Waals surface area contributed by atoms with Gasteiger partial charge in [0.25, 0.3) is 0 Å². The summed E-state index contributed by atoms with van der Waals surface area (Å²) in [7, 11) is 0. The lowest BCUT2D eigenvalue weighted by Crippen LogP contribution is -2.25. The molecule has 3 heteroatoms. The van der Waals surface area contributed by atoms with Crippen LogP contribution in [0.1, 0.15) is 54.4 Å². The lowest BCUT2D eigenvalue weighted by molar-refractivity contribution is 0.103. The van der Waals surface area contributed by atoms with E-state index >= 15 is 0 Å². The Morgan fingerprint density at radius 3 is 1.53 bits per heavy atom. The predicted octanol–water partition coefficient (Wildman–Crippen LogP) is 5.02. The Balaban J connectivity index is 1.69. The molecule has 0 atom stereocenters. The van der Waals surface area contributed by atoms with Crippen molar-refractivity contribution in [1.29, 1.82) is 0 Å². The number of ketones is 2. The van der Waals surface area contributed by atoms with Crippen molar-refractivity contribution in [3.63, 3.8) is 0 Å². The summed E-state index contributed by atoms with van der Waals surface area (Å²) < 4.78 is 0. The van der Waals surface area contributed by atoms with Gasteiger partial charge in [0.15, 0.2) is 11.6 Å². The third kappa shape index (κ3) is 2.35. The highest BCUT2D eigenvalue weighted by atomic mass is 16.1. The molecule has 0 spiro atoms. The average molecular weight is 387 g/mol. The summed E-state index contributed by atoms with van der Waals surface area (Å²) in [5.41, 5.74) is 7.68. The molecule has 0 N–H and O–H groups in total. The Morgan fingerprint density at radius 1 is 0.533 bits per heavy atom. The fraction of sp³-hybridized carbons (Fsp3) is 0.0741. The first-order chi connectivity index (χ1) is 14.7. The second-order valence-corrected chi connectivity index (χ2v) is 7.82. The first kappa shape index (κ1) is 17.0. The Morgan fingerprint density at radius 2 is 1.00 bits per heavy atom. The van der Waals surface area contributed by atoms with Gasteiger partial charge in [-0.3, -0.25) is 14.6 Å². The number of carbonyl (C=O) groups is 2. The van der Waals surface area contributed by atoms with Crippen LogP contribution < -0.4 is 0 Å². The molecule has 1 heterocycles. The Labute approximate surface area is 174 Å². The van der Waals surface area contributed by atoms with Crippen LogP contribution in [-0.2, 0) is 12.8 Å². The predicted molar refractivity (Wildman–Crippen MR) is 115 cm³/mol. The Bertz CT molecular complexity index is 1290. The van der Waals surface area contributed by atoms with Crippen molar-refractivity contribution >= 4 is 11.6 Å². The first-order valence-corrected chi connectivity index (χ1v) is 10.1. The average Bonchev–Trinajstić information content (AvgIpc) is 2.79. The monoisotopic (exact) mass is 387 g/mol. The summed E-state index contributed by atoms with van der Waals surface area (Å²) in [6.07, 6.45) is 1.19. The van der Waals surface area contributed by atoms with E-state index < -0.39 is 0 Å². The molecule has 0 bridgehead atoms. The zero-order valence-electron chi connectivity index (χ0n) is 16.2. The van der Waals surface area contributed by atoms with E-state index in [1.807, 2.05) is 78.9 Å². The van der Waals surface area contributed by atoms with E-state index in [1.165, 1.54) is 0 Å². The number of rotatable bonds is 1. The smallest absolute Gasteiger partial charge is 0.195 e. The van der Waals surface area contributed by atoms with E-state index in [4.69, 9.17) is 4.98 Å². The van der Waals surface area contributed by atoms with E-state index in [2.05, 4.69) is 0 Å². The highest BCUT2D eigenvalue weighted by Gasteiger charge is 2.35. The molecule has 3 aromatic carbocycles. The van der Waals surface area contributed by atoms with Crippen LogP contribution in [0.4, 0.5) is 0 Å². The molecule has 0 amide bonds. The minimum absolute atomic E-state index is 0.0485. The van der Waals surface area contributed by atoms with Gasteiger partial charge < -0.3 is 0 Å². The normalized spacial score (nSPS) is 13.9. The molecule has 2 aliphatic carbocycles. The maximum absolute atomic E-state index is 13.6. The van der Waals surface area contributed by atoms with Crippen LogP contribution in [-0.4, -0.2) is 16.6 Å². The van der Waals surface area contributed by atoms with Crippen molar-refractivity contribution < 1.29 is 9.59 Å². The second-order valence-electron chi connectivity index (χ2n) is 7.82. The highest BCUT2D eigenvalue weighted by molar-refractivity contribution is 6.22. The van der Waals surface area contributed by atoms with Crippen LogP contribution in [0.15, 0.2) is 78.9 Å². The molecule has 2 aliphatic rings. The summed E-state index contributed by atoms with van der Waals surface area (Å²) >= 11 is 0. The summed E-state index contributed by atoms with van der Waals surface area (Å²) in [5.74, 6) is -0.0969. The van der Waals surface area contributed by atoms with Gasteiger partial charge in [-0.1, -0.05) is 78.9 Å². The lowest BCUT2D eigenvalue weighted by Gasteiger charge is -2.27. The fourth-order valence-electron chi connectivity index (χ4n) is 4.75. The summed E-state index contributed by atoms with van der Waals surface area (Å²) in [6.45, 7) is 0. The van der Waals surface area contributed by atoms with Crippen molar-refractivity contribution in [2.24, 2.45) is 0 Å². The van der Waals surface area contributed by atoms with Crippen molar-refractivity contribution in [3.8, 4) is 11.1 Å². The number of nitrogens with zero attached hydrogens (tertiary/aromatic N) is 1. The molecular formula is C27H17NO2. The molecule has 0 saturated heterocycles. The zero-order valence-corrected chi connectivity index (χ0v) is 16.2. The standard InChI is InChI=1S/C27H17NO2/c29-26-19-12-6-4-10-17(19)14-21-24(26)23(16-8-2-1-3-9-16)25-22(28-21)15-18-11-5-7-13-20(18)27(25)30/h1-13H,14-15H2. The van der Waals surface area contributed by atoms with Gasteiger partial charge in [-0.25, -0.2) is 0 Å². The molecule has 0 unspecified atom stereocenters. The molecule has 30 heavy (non-hydrogen) atoms. The van der Waals surface area contributed by atoms with Gasteiger partial charge in [-0.15, -0.1) is 0 Å². The van der Waals surface area contributed by atoms with Crippen molar-refractivity contribution in [2.75, 3.05) is 0 Å². The van der Waals surface area contributed by atoms with Crippen molar-refractivity contribution in [2.45, 2.75) is 12.8 Å². The highest BCUT2D eigenvalue weighted by Crippen LogP contribution is 2.40. The lowest BCUT2D eigenvalue weighted by atomic mass is 9.77. The number of aromatic nitrogens is 1. The van der Waals surface area contributed by atoms with Gasteiger partial charge in [-0.2, -0.15) is 0 Å². The van der Waals surface area contributed by atoms with E-state index in [0.29, 0.717) is 35.1 Å². The van der Waals surface area contributed by atoms with Crippen LogP contribution in [0.5, 0.6) is 0 Å². The van der Waals surface area contributed by atoms with Gasteiger partial charge >= 0.3 is 0 Å². The Hall–Kier alpha value is -3.85. The van der Waals surface area contributed by atoms with Crippen molar-refractivity contribution in [1.82, 2.24) is 4.98 Å². The van der Waals surface area contributed by atoms with E-state index in [9.17, 15) is 9.59 Å². The van der Waals surface area contributed by atoms with E-state index in [-0.39, 0.29) is 11.6 Å². The number of fused-ring (bicyclic) bond motifs is 4. The van der Waals surface area contributed by atoms with Crippen LogP contribution in [0.25, 0.3) is 11.1 Å². The van der Waals surface area contributed by atoms with Gasteiger partial charge in [0, 0.05) is 29.5 Å². The minimum atomic E-state index is -0.0485. The largest absolute Gasteiger partial charge is 0.289 e. The molecule has 0 saturated carbocycles. The number of hydrogen-bond donors (Lipinski definition) is 0. The molecule has 1 aromatic heterocycles. The summed E-state index contributed by atoms with van der Waals surface area (Å²) in [6, 6.07) is 25.1. The van der Waals surface area contributed by atoms with Gasteiger partial charge in [0.2, 0.25) is 0 Å². The quantitative estimate of drug-likeness (QED) is 0.398. The molecule has 0 radical (unpaired) electrons. The van der Waals surface area contributed by atoms with E-state index in [0.717, 1.165) is 33.6 Å². The van der Waals surface area contributed by atoms with Gasteiger partial charge in [0.1, 0.15) is 0 Å². The van der Waals surface area contributed by atoms with Crippen LogP contribution in [0.2, 0.25) is 0 Å². The topological polar surface area (TPSA) is 47.0 Å². The molecule has 6 rings (SSSR count). The van der Waals surface area contributed by atoms with Crippen LogP contribution in [0, 0.1) is 0 Å². The SMILES string of the molecule is O=C1c2ccccc2Cc2nc3c(c(-c4ccccc4)c21)C(=O)c1ccccc1C3. The van der Waals surface area contributed by atoms with Gasteiger partial charge in [0.05, 0.1) is 22.5 Å². The summed E-state index contributed by atoms with van der Waals surface area (Å²) in [5, 5.41) is 0. The zero-order chi connectivity index (χ0) is 20.2. The number of carbonyl (C=O) groups excluding carboxylic acids is 2. The van der Waals surface area contributed by atoms with Crippen molar-refractivity contribution in [3.05, 3.63) is 124 Å². The van der Waals surface area contributed by atoms with Gasteiger partial charge in [-0.05, 0) is 16.7 Å². The molecular weight excluding hydrogens is 370 g/mol. The second kappa shape index (κ2) is 6.33. The minimum Gasteiger partial charge on any atom is -0.289 e. The maximum Gasteiger partial charge on any atom is 0.195 e. The van der Waals surface area contributed by atoms with Crippen LogP contribution in [0.3, 0.4) is 0 Å². The molecule has 4 aromatic rings. The molecule has 0 aliphatic heterocycles. The van der Waals surface area contributed by atoms with Crippen LogP contribution >= 0.6 is 0 Å². The third-order valence-corrected chi connectivity index (χ3v) is 6.10.